The van der Waals surface area contributed by atoms with Gasteiger partial charge in [-0.25, -0.2) is 13.2 Å². The van der Waals surface area contributed by atoms with Gasteiger partial charge in [0.25, 0.3) is 0 Å². The Morgan fingerprint density at radius 3 is 1.97 bits per heavy atom. The van der Waals surface area contributed by atoms with Crippen LogP contribution in [0.2, 0.25) is 0 Å². The second kappa shape index (κ2) is 9.29. The van der Waals surface area contributed by atoms with Crippen LogP contribution in [0.5, 0.6) is 17.2 Å². The zero-order valence-electron chi connectivity index (χ0n) is 17.4. The van der Waals surface area contributed by atoms with E-state index in [0.717, 1.165) is 24.3 Å². The van der Waals surface area contributed by atoms with Crippen LogP contribution in [0.4, 0.5) is 22.0 Å². The zero-order chi connectivity index (χ0) is 23.7. The fourth-order valence-electron chi connectivity index (χ4n) is 4.28. The third-order valence-corrected chi connectivity index (χ3v) is 6.16. The first kappa shape index (κ1) is 22.9. The number of rotatable bonds is 5. The summed E-state index contributed by atoms with van der Waals surface area (Å²) < 4.78 is 75.6. The lowest BCUT2D eigenvalue weighted by Gasteiger charge is -2.29. The Morgan fingerprint density at radius 2 is 1.30 bits per heavy atom. The molecule has 0 heterocycles. The Balaban J connectivity index is 1.37. The SMILES string of the molecule is Oc1ccc(-c2ccc(OCC3CCC(c4ccc(O)c(F)c4F)CC3)cc2F)c(F)c1F. The van der Waals surface area contributed by atoms with E-state index < -0.39 is 40.6 Å². The standard InChI is InChI=1S/C25H21F5O3/c26-19-11-15(5-6-17(19)18-8-10-21(32)25(30)23(18)28)33-12-13-1-3-14(4-2-13)16-7-9-20(31)24(29)22(16)27/h5-11,13-14,31-32H,1-4,12H2. The molecule has 2 N–H and O–H groups in total. The molecule has 174 valence electrons. The van der Waals surface area contributed by atoms with E-state index in [-0.39, 0.29) is 34.3 Å². The first-order valence-corrected chi connectivity index (χ1v) is 10.5. The molecule has 0 saturated heterocycles. The topological polar surface area (TPSA) is 49.7 Å². The maximum Gasteiger partial charge on any atom is 0.200 e. The molecule has 1 aliphatic rings. The molecule has 0 bridgehead atoms. The number of ether oxygens (including phenoxy) is 1. The van der Waals surface area contributed by atoms with Crippen LogP contribution in [0.25, 0.3) is 11.1 Å². The Labute approximate surface area is 187 Å². The Morgan fingerprint density at radius 1 is 0.697 bits per heavy atom. The smallest absolute Gasteiger partial charge is 0.200 e. The quantitative estimate of drug-likeness (QED) is 0.408. The van der Waals surface area contributed by atoms with E-state index in [1.165, 1.54) is 18.2 Å². The molecule has 1 aliphatic carbocycles. The van der Waals surface area contributed by atoms with Crippen molar-refractivity contribution in [1.29, 1.82) is 0 Å². The third kappa shape index (κ3) is 4.60. The van der Waals surface area contributed by atoms with Gasteiger partial charge in [0, 0.05) is 17.2 Å². The summed E-state index contributed by atoms with van der Waals surface area (Å²) in [6.07, 6.45) is 2.64. The molecule has 3 aromatic rings. The number of aromatic hydroxyl groups is 2. The van der Waals surface area contributed by atoms with Crippen molar-refractivity contribution in [1.82, 2.24) is 0 Å². The molecule has 0 radical (unpaired) electrons. The molecular weight excluding hydrogens is 443 g/mol. The zero-order valence-corrected chi connectivity index (χ0v) is 17.4. The van der Waals surface area contributed by atoms with E-state index >= 15 is 0 Å². The summed E-state index contributed by atoms with van der Waals surface area (Å²) >= 11 is 0. The second-order valence-corrected chi connectivity index (χ2v) is 8.23. The fraction of sp³-hybridized carbons (Fsp3) is 0.280. The highest BCUT2D eigenvalue weighted by Gasteiger charge is 2.27. The highest BCUT2D eigenvalue weighted by Crippen LogP contribution is 2.39. The minimum absolute atomic E-state index is 0.137. The maximum absolute atomic E-state index is 14.5. The van der Waals surface area contributed by atoms with Crippen molar-refractivity contribution in [2.24, 2.45) is 5.92 Å². The molecule has 0 aromatic heterocycles. The highest BCUT2D eigenvalue weighted by molar-refractivity contribution is 5.66. The summed E-state index contributed by atoms with van der Waals surface area (Å²) in [6, 6.07) is 8.41. The molecule has 1 fully saturated rings. The number of benzene rings is 3. The molecule has 0 unspecified atom stereocenters. The molecule has 4 rings (SSSR count). The summed E-state index contributed by atoms with van der Waals surface area (Å²) in [6.45, 7) is 0.292. The van der Waals surface area contributed by atoms with Gasteiger partial charge in [-0.3, -0.25) is 0 Å². The molecule has 0 amide bonds. The largest absolute Gasteiger partial charge is 0.505 e. The van der Waals surface area contributed by atoms with E-state index in [9.17, 15) is 32.2 Å². The lowest BCUT2D eigenvalue weighted by atomic mass is 9.79. The molecule has 1 saturated carbocycles. The average Bonchev–Trinajstić information content (AvgIpc) is 2.81. The summed E-state index contributed by atoms with van der Waals surface area (Å²) in [5, 5.41) is 18.5. The highest BCUT2D eigenvalue weighted by atomic mass is 19.2. The predicted octanol–water partition coefficient (Wildman–Crippen LogP) is 6.81. The lowest BCUT2D eigenvalue weighted by Crippen LogP contribution is -2.20. The van der Waals surface area contributed by atoms with E-state index in [2.05, 4.69) is 0 Å². The Hall–Kier alpha value is -3.29. The van der Waals surface area contributed by atoms with Crippen molar-refractivity contribution in [3.63, 3.8) is 0 Å². The maximum atomic E-state index is 14.5. The van der Waals surface area contributed by atoms with E-state index in [0.29, 0.717) is 32.3 Å². The summed E-state index contributed by atoms with van der Waals surface area (Å²) in [7, 11) is 0. The molecule has 0 atom stereocenters. The lowest BCUT2D eigenvalue weighted by molar-refractivity contribution is 0.198. The van der Waals surface area contributed by atoms with Crippen LogP contribution in [0.1, 0.15) is 37.2 Å². The monoisotopic (exact) mass is 464 g/mol. The minimum Gasteiger partial charge on any atom is -0.505 e. The van der Waals surface area contributed by atoms with Gasteiger partial charge in [-0.15, -0.1) is 0 Å². The van der Waals surface area contributed by atoms with E-state index in [1.54, 1.807) is 0 Å². The van der Waals surface area contributed by atoms with Gasteiger partial charge in [-0.2, -0.15) is 8.78 Å². The number of phenols is 2. The van der Waals surface area contributed by atoms with Gasteiger partial charge in [-0.05, 0) is 73.4 Å². The summed E-state index contributed by atoms with van der Waals surface area (Å²) in [5.41, 5.74) is -0.229. The number of phenolic OH excluding ortho intramolecular Hbond substituents is 2. The van der Waals surface area contributed by atoms with Crippen molar-refractivity contribution in [2.75, 3.05) is 6.61 Å². The molecular formula is C25H21F5O3. The van der Waals surface area contributed by atoms with Crippen molar-refractivity contribution in [2.45, 2.75) is 31.6 Å². The summed E-state index contributed by atoms with van der Waals surface area (Å²) in [5.74, 6) is -7.21. The molecule has 0 spiro atoms. The minimum atomic E-state index is -1.45. The van der Waals surface area contributed by atoms with Crippen LogP contribution >= 0.6 is 0 Å². The van der Waals surface area contributed by atoms with Gasteiger partial charge in [0.1, 0.15) is 11.6 Å². The predicted molar refractivity (Wildman–Crippen MR) is 112 cm³/mol. The fourth-order valence-corrected chi connectivity index (χ4v) is 4.28. The van der Waals surface area contributed by atoms with Gasteiger partial charge in [-0.1, -0.05) is 6.07 Å². The Kier molecular flexibility index (Phi) is 6.44. The molecule has 3 nitrogen and oxygen atoms in total. The van der Waals surface area contributed by atoms with Gasteiger partial charge in [0.2, 0.25) is 11.6 Å². The van der Waals surface area contributed by atoms with Crippen LogP contribution in [0.3, 0.4) is 0 Å². The molecule has 0 aliphatic heterocycles. The first-order chi connectivity index (χ1) is 15.8. The first-order valence-electron chi connectivity index (χ1n) is 10.5. The number of halogens is 5. The van der Waals surface area contributed by atoms with Crippen molar-refractivity contribution >= 4 is 0 Å². The van der Waals surface area contributed by atoms with Gasteiger partial charge >= 0.3 is 0 Å². The van der Waals surface area contributed by atoms with Gasteiger partial charge in [0.15, 0.2) is 23.1 Å². The van der Waals surface area contributed by atoms with E-state index in [4.69, 9.17) is 4.74 Å². The van der Waals surface area contributed by atoms with Crippen molar-refractivity contribution in [3.8, 4) is 28.4 Å². The number of hydrogen-bond donors (Lipinski definition) is 2. The average molecular weight is 464 g/mol. The van der Waals surface area contributed by atoms with Gasteiger partial charge < -0.3 is 14.9 Å². The van der Waals surface area contributed by atoms with Gasteiger partial charge in [0.05, 0.1) is 6.61 Å². The molecule has 33 heavy (non-hydrogen) atoms. The normalized spacial score (nSPS) is 18.3. The van der Waals surface area contributed by atoms with E-state index in [1.807, 2.05) is 0 Å². The van der Waals surface area contributed by atoms with Crippen molar-refractivity contribution < 1.29 is 36.9 Å². The molecule has 3 aromatic carbocycles. The third-order valence-electron chi connectivity index (χ3n) is 6.16. The van der Waals surface area contributed by atoms with Crippen LogP contribution in [-0.2, 0) is 0 Å². The number of hydrogen-bond acceptors (Lipinski definition) is 3. The van der Waals surface area contributed by atoms with Crippen LogP contribution < -0.4 is 4.74 Å². The second-order valence-electron chi connectivity index (χ2n) is 8.23. The molecule has 8 heteroatoms. The van der Waals surface area contributed by atoms with Crippen LogP contribution in [0.15, 0.2) is 42.5 Å². The van der Waals surface area contributed by atoms with Crippen LogP contribution in [0, 0.1) is 35.0 Å². The van der Waals surface area contributed by atoms with Crippen LogP contribution in [-0.4, -0.2) is 16.8 Å². The Bertz CT molecular complexity index is 1170. The summed E-state index contributed by atoms with van der Waals surface area (Å²) in [4.78, 5) is 0. The van der Waals surface area contributed by atoms with Crippen molar-refractivity contribution in [3.05, 3.63) is 77.1 Å².